The summed E-state index contributed by atoms with van der Waals surface area (Å²) >= 11 is 0. The van der Waals surface area contributed by atoms with Crippen LogP contribution in [0, 0.1) is 93.1 Å². The van der Waals surface area contributed by atoms with Gasteiger partial charge in [-0.05, 0) is 29.1 Å². The quantitative estimate of drug-likeness (QED) is 0.0568. The molecule has 0 bridgehead atoms. The summed E-state index contributed by atoms with van der Waals surface area (Å²) in [6.45, 7) is 0. The van der Waals surface area contributed by atoms with Gasteiger partial charge in [0.15, 0.2) is 64.0 Å². The van der Waals surface area contributed by atoms with Gasteiger partial charge in [-0.1, -0.05) is 24.3 Å². The molecule has 0 aliphatic heterocycles. The summed E-state index contributed by atoms with van der Waals surface area (Å²) in [5, 5.41) is -8.79. The first-order valence-corrected chi connectivity index (χ1v) is 15.5. The highest BCUT2D eigenvalue weighted by Crippen LogP contribution is 2.47. The number of benzene rings is 7. The summed E-state index contributed by atoms with van der Waals surface area (Å²) in [5.74, 6) is -41.9. The van der Waals surface area contributed by atoms with Gasteiger partial charge >= 0.3 is 7.12 Å². The average Bonchev–Trinajstić information content (AvgIpc) is 3.57. The molecule has 0 heterocycles. The van der Waals surface area contributed by atoms with E-state index < -0.39 is 173 Å². The molecule has 0 unspecified atom stereocenters. The zero-order valence-corrected chi connectivity index (χ0v) is 26.7. The van der Waals surface area contributed by atoms with Crippen molar-refractivity contribution < 1.29 is 79.6 Å². The van der Waals surface area contributed by atoms with Crippen molar-refractivity contribution in [1.29, 1.82) is 0 Å². The van der Waals surface area contributed by atoms with Crippen LogP contribution in [0.3, 0.4) is 0 Å². The van der Waals surface area contributed by atoms with Crippen molar-refractivity contribution in [2.45, 2.75) is 6.42 Å². The first-order chi connectivity index (χ1) is 26.5. The van der Waals surface area contributed by atoms with Crippen LogP contribution in [0.15, 0.2) is 42.5 Å². The summed E-state index contributed by atoms with van der Waals surface area (Å²) in [4.78, 5) is 0. The Balaban J connectivity index is 1.49. The second-order valence-corrected chi connectivity index (χ2v) is 12.2. The van der Waals surface area contributed by atoms with Crippen molar-refractivity contribution in [2.75, 3.05) is 0 Å². The topological polar surface area (TPSA) is 18.5 Å². The molecule has 2 nitrogen and oxygen atoms in total. The minimum Gasteiger partial charge on any atom is -0.519 e. The molecule has 56 heavy (non-hydrogen) atoms. The van der Waals surface area contributed by atoms with Gasteiger partial charge in [-0.3, -0.25) is 0 Å². The van der Waals surface area contributed by atoms with Crippen molar-refractivity contribution in [2.24, 2.45) is 0 Å². The van der Waals surface area contributed by atoms with Crippen molar-refractivity contribution in [1.82, 2.24) is 0 Å². The van der Waals surface area contributed by atoms with E-state index in [9.17, 15) is 17.6 Å². The fourth-order valence-corrected chi connectivity index (χ4v) is 6.82. The fourth-order valence-electron chi connectivity index (χ4n) is 6.82. The van der Waals surface area contributed by atoms with Gasteiger partial charge in [-0.15, -0.1) is 0 Å². The molecule has 0 aromatic heterocycles. The number of halogens is 16. The van der Waals surface area contributed by atoms with Crippen LogP contribution in [0.25, 0.3) is 43.4 Å². The Morgan fingerprint density at radius 1 is 0.411 bits per heavy atom. The van der Waals surface area contributed by atoms with Gasteiger partial charge in [0.1, 0.15) is 29.0 Å². The maximum atomic E-state index is 16.0. The molecule has 0 saturated carbocycles. The van der Waals surface area contributed by atoms with Crippen LogP contribution >= 0.6 is 0 Å². The van der Waals surface area contributed by atoms with Gasteiger partial charge in [0.05, 0.1) is 21.6 Å². The highest BCUT2D eigenvalue weighted by Gasteiger charge is 2.44. The molecule has 19 heteroatoms. The molecule has 7 aromatic carbocycles. The average molecular weight is 800 g/mol. The lowest BCUT2D eigenvalue weighted by Crippen LogP contribution is -2.47. The molecule has 7 aromatic rings. The van der Waals surface area contributed by atoms with Crippen molar-refractivity contribution in [3.63, 3.8) is 0 Å². The third-order valence-electron chi connectivity index (χ3n) is 9.26. The van der Waals surface area contributed by atoms with Crippen LogP contribution in [0.1, 0.15) is 11.1 Å². The van der Waals surface area contributed by atoms with Gasteiger partial charge in [-0.25, -0.2) is 61.5 Å². The Labute approximate surface area is 300 Å². The lowest BCUT2D eigenvalue weighted by Gasteiger charge is -2.23. The standard InChI is InChI=1S/C37H9BF16O2/c39-13-5-1-3-9-7-11-17(15(9)13)23(42)32(51)34(53)36(11)55-38(21-19-20(26(45)29(48)28(21)47)27(46)31(50)30(49)25(19)44)56-37-12-8-10-4-2-6-14(40)16(10)22(41)18(12)24(43)33(52)35(37)54/h1-6,8H,7H2. The number of fused-ring (bicyclic) bond motifs is 6. The van der Waals surface area contributed by atoms with E-state index in [1.165, 1.54) is 0 Å². The zero-order valence-electron chi connectivity index (χ0n) is 26.7. The first-order valence-electron chi connectivity index (χ1n) is 15.5. The second kappa shape index (κ2) is 12.7. The third-order valence-corrected chi connectivity index (χ3v) is 9.26. The van der Waals surface area contributed by atoms with Crippen molar-refractivity contribution >= 4 is 44.9 Å². The lowest BCUT2D eigenvalue weighted by atomic mass is 9.74. The van der Waals surface area contributed by atoms with Gasteiger partial charge in [-0.2, -0.15) is 8.78 Å². The number of hydrogen-bond acceptors (Lipinski definition) is 2. The predicted octanol–water partition coefficient (Wildman–Crippen LogP) is 10.8. The molecular formula is C37H9BF16O2. The SMILES string of the molecule is Fc1cccc2c1-c1c(F)c(F)c(F)c(OB(Oc3c(F)c(F)c(F)c4c(F)c5c(F)cccc5cc34)c3c(F)c(F)c(F)c4c(F)c(F)c(F)c(F)c34)c1C2. The molecule has 1 aliphatic carbocycles. The highest BCUT2D eigenvalue weighted by molar-refractivity contribution is 6.66. The Bertz CT molecular complexity index is 2930. The smallest absolute Gasteiger partial charge is 0.519 e. The zero-order chi connectivity index (χ0) is 40.4. The molecule has 0 saturated heterocycles. The van der Waals surface area contributed by atoms with E-state index in [1.807, 2.05) is 0 Å². The minimum atomic E-state index is -3.54. The van der Waals surface area contributed by atoms with Crippen LogP contribution in [-0.2, 0) is 6.42 Å². The van der Waals surface area contributed by atoms with E-state index >= 15 is 52.7 Å². The monoisotopic (exact) mass is 800 g/mol. The van der Waals surface area contributed by atoms with Gasteiger partial charge < -0.3 is 9.31 Å². The molecule has 0 N–H and O–H groups in total. The van der Waals surface area contributed by atoms with E-state index in [0.29, 0.717) is 12.1 Å². The Morgan fingerprint density at radius 2 is 0.929 bits per heavy atom. The predicted molar refractivity (Wildman–Crippen MR) is 166 cm³/mol. The van der Waals surface area contributed by atoms with E-state index in [2.05, 4.69) is 0 Å². The Morgan fingerprint density at radius 3 is 1.61 bits per heavy atom. The molecule has 0 fully saturated rings. The number of rotatable bonds is 5. The number of hydrogen-bond donors (Lipinski definition) is 0. The Kier molecular flexibility index (Phi) is 8.35. The van der Waals surface area contributed by atoms with Crippen molar-refractivity contribution in [3.05, 3.63) is 147 Å². The van der Waals surface area contributed by atoms with Crippen LogP contribution in [-0.4, -0.2) is 7.12 Å². The Hall–Kier alpha value is -6.14. The lowest BCUT2D eigenvalue weighted by molar-refractivity contribution is 0.371. The molecule has 1 aliphatic rings. The molecule has 0 radical (unpaired) electrons. The molecule has 8 rings (SSSR count). The summed E-state index contributed by atoms with van der Waals surface area (Å²) < 4.78 is 254. The van der Waals surface area contributed by atoms with Crippen LogP contribution < -0.4 is 14.8 Å². The minimum absolute atomic E-state index is 0.187. The second-order valence-electron chi connectivity index (χ2n) is 12.2. The summed E-state index contributed by atoms with van der Waals surface area (Å²) in [5.41, 5.74) is -4.99. The van der Waals surface area contributed by atoms with Crippen LogP contribution in [0.4, 0.5) is 70.2 Å². The van der Waals surface area contributed by atoms with E-state index in [4.69, 9.17) is 9.31 Å². The maximum absolute atomic E-state index is 16.0. The molecule has 0 spiro atoms. The highest BCUT2D eigenvalue weighted by atomic mass is 19.2. The summed E-state index contributed by atoms with van der Waals surface area (Å²) in [7, 11) is -3.54. The molecule has 0 atom stereocenters. The van der Waals surface area contributed by atoms with Crippen LogP contribution in [0.5, 0.6) is 11.5 Å². The maximum Gasteiger partial charge on any atom is 0.636 e. The van der Waals surface area contributed by atoms with Gasteiger partial charge in [0.2, 0.25) is 11.6 Å². The summed E-state index contributed by atoms with van der Waals surface area (Å²) in [6, 6.07) is 6.12. The molecule has 284 valence electrons. The fraction of sp³-hybridized carbons (Fsp3) is 0.0270. The van der Waals surface area contributed by atoms with Crippen LogP contribution in [0.2, 0.25) is 0 Å². The third kappa shape index (κ3) is 4.94. The van der Waals surface area contributed by atoms with Gasteiger partial charge in [0.25, 0.3) is 0 Å². The molecular weight excluding hydrogens is 791 g/mol. The first kappa shape index (κ1) is 36.8. The summed E-state index contributed by atoms with van der Waals surface area (Å²) in [6.07, 6.45) is -0.784. The molecule has 0 amide bonds. The largest absolute Gasteiger partial charge is 0.636 e. The normalized spacial score (nSPS) is 12.2. The van der Waals surface area contributed by atoms with E-state index in [-0.39, 0.29) is 5.56 Å². The van der Waals surface area contributed by atoms with E-state index in [1.54, 1.807) is 0 Å². The van der Waals surface area contributed by atoms with Crippen molar-refractivity contribution in [3.8, 4) is 22.6 Å². The van der Waals surface area contributed by atoms with Gasteiger partial charge in [0, 0.05) is 33.9 Å². The van der Waals surface area contributed by atoms with E-state index in [0.717, 1.165) is 30.3 Å².